The number of rotatable bonds is 5. The Hall–Kier alpha value is -1.30. The Kier molecular flexibility index (Phi) is 5.91. The topological polar surface area (TPSA) is 87.7 Å². The molecule has 0 radical (unpaired) electrons. The quantitative estimate of drug-likeness (QED) is 0.685. The van der Waals surface area contributed by atoms with Gasteiger partial charge in [0, 0.05) is 6.61 Å². The minimum absolute atomic E-state index is 0.0211. The average Bonchev–Trinajstić information content (AvgIpc) is 2.28. The second-order valence-corrected chi connectivity index (χ2v) is 5.05. The molecule has 2 atom stereocenters. The lowest BCUT2D eigenvalue weighted by Crippen LogP contribution is -2.51. The molecule has 3 N–H and O–H groups in total. The number of hydrogen-bond acceptors (Lipinski definition) is 3. The van der Waals surface area contributed by atoms with Crippen LogP contribution in [-0.2, 0) is 9.53 Å². The van der Waals surface area contributed by atoms with Gasteiger partial charge in [0.25, 0.3) is 0 Å². The van der Waals surface area contributed by atoms with Crippen LogP contribution in [-0.4, -0.2) is 42.4 Å². The van der Waals surface area contributed by atoms with E-state index < -0.39 is 18.0 Å². The van der Waals surface area contributed by atoms with Crippen molar-refractivity contribution in [1.82, 2.24) is 10.6 Å². The Balaban J connectivity index is 2.37. The fourth-order valence-electron chi connectivity index (χ4n) is 1.93. The zero-order valence-corrected chi connectivity index (χ0v) is 10.9. The van der Waals surface area contributed by atoms with Crippen LogP contribution in [0.25, 0.3) is 0 Å². The number of hydrogen-bond donors (Lipinski definition) is 3. The van der Waals surface area contributed by atoms with E-state index in [9.17, 15) is 9.59 Å². The summed E-state index contributed by atoms with van der Waals surface area (Å²) in [7, 11) is 0. The Labute approximate surface area is 107 Å². The lowest BCUT2D eigenvalue weighted by atomic mass is 10.0. The van der Waals surface area contributed by atoms with Gasteiger partial charge in [0.1, 0.15) is 6.04 Å². The summed E-state index contributed by atoms with van der Waals surface area (Å²) < 4.78 is 5.24. The van der Waals surface area contributed by atoms with E-state index in [-0.39, 0.29) is 12.0 Å². The first-order valence-electron chi connectivity index (χ1n) is 6.36. The largest absolute Gasteiger partial charge is 0.480 e. The molecule has 0 bridgehead atoms. The number of ether oxygens (including phenoxy) is 1. The maximum atomic E-state index is 11.7. The molecule has 1 unspecified atom stereocenters. The molecule has 1 aliphatic rings. The van der Waals surface area contributed by atoms with Crippen LogP contribution in [0.2, 0.25) is 0 Å². The minimum Gasteiger partial charge on any atom is -0.480 e. The molecule has 104 valence electrons. The van der Waals surface area contributed by atoms with Crippen molar-refractivity contribution in [2.45, 2.75) is 45.2 Å². The molecule has 1 rings (SSSR count). The van der Waals surface area contributed by atoms with Crippen LogP contribution in [0.4, 0.5) is 4.79 Å². The second kappa shape index (κ2) is 7.20. The number of carbonyl (C=O) groups is 2. The van der Waals surface area contributed by atoms with Crippen LogP contribution < -0.4 is 10.6 Å². The third kappa shape index (κ3) is 5.35. The van der Waals surface area contributed by atoms with Crippen LogP contribution in [0.5, 0.6) is 0 Å². The molecule has 18 heavy (non-hydrogen) atoms. The summed E-state index contributed by atoms with van der Waals surface area (Å²) in [5, 5.41) is 14.2. The molecule has 0 spiro atoms. The predicted molar refractivity (Wildman–Crippen MR) is 66.4 cm³/mol. The number of urea groups is 1. The molecule has 0 aromatic carbocycles. The minimum atomic E-state index is -1.00. The summed E-state index contributed by atoms with van der Waals surface area (Å²) in [4.78, 5) is 22.7. The van der Waals surface area contributed by atoms with E-state index in [1.54, 1.807) is 0 Å². The molecule has 6 heteroatoms. The molecular weight excluding hydrogens is 236 g/mol. The second-order valence-electron chi connectivity index (χ2n) is 5.05. The van der Waals surface area contributed by atoms with E-state index in [2.05, 4.69) is 10.6 Å². The highest BCUT2D eigenvalue weighted by molar-refractivity contribution is 5.82. The monoisotopic (exact) mass is 258 g/mol. The first-order valence-corrected chi connectivity index (χ1v) is 6.36. The van der Waals surface area contributed by atoms with Crippen molar-refractivity contribution in [1.29, 1.82) is 0 Å². The molecule has 1 heterocycles. The Morgan fingerprint density at radius 1 is 1.44 bits per heavy atom. The van der Waals surface area contributed by atoms with Crippen LogP contribution in [0.3, 0.4) is 0 Å². The number of carbonyl (C=O) groups excluding carboxylic acids is 1. The van der Waals surface area contributed by atoms with Crippen LogP contribution in [0.15, 0.2) is 0 Å². The van der Waals surface area contributed by atoms with E-state index in [0.29, 0.717) is 13.0 Å². The maximum Gasteiger partial charge on any atom is 0.326 e. The van der Waals surface area contributed by atoms with Crippen molar-refractivity contribution >= 4 is 12.0 Å². The maximum absolute atomic E-state index is 11.7. The molecule has 6 nitrogen and oxygen atoms in total. The van der Waals surface area contributed by atoms with E-state index in [0.717, 1.165) is 19.4 Å². The Bertz CT molecular complexity index is 288. The van der Waals surface area contributed by atoms with E-state index in [1.807, 2.05) is 13.8 Å². The number of amides is 2. The summed E-state index contributed by atoms with van der Waals surface area (Å²) in [5.74, 6) is -0.789. The van der Waals surface area contributed by atoms with Gasteiger partial charge in [-0.15, -0.1) is 0 Å². The van der Waals surface area contributed by atoms with E-state index in [1.165, 1.54) is 0 Å². The predicted octanol–water partition coefficient (Wildman–Crippen LogP) is 0.964. The summed E-state index contributed by atoms with van der Waals surface area (Å²) in [6.07, 6.45) is 2.21. The average molecular weight is 258 g/mol. The van der Waals surface area contributed by atoms with Crippen molar-refractivity contribution in [2.75, 3.05) is 13.2 Å². The first kappa shape index (κ1) is 14.8. The highest BCUT2D eigenvalue weighted by Crippen LogP contribution is 2.07. The highest BCUT2D eigenvalue weighted by Gasteiger charge is 2.23. The summed E-state index contributed by atoms with van der Waals surface area (Å²) >= 11 is 0. The lowest BCUT2D eigenvalue weighted by molar-refractivity contribution is -0.139. The SMILES string of the molecule is CC(C)C[C@@H](NC(=O)NC1CCCOC1)C(=O)O. The highest BCUT2D eigenvalue weighted by atomic mass is 16.5. The molecule has 0 aromatic heterocycles. The van der Waals surface area contributed by atoms with Crippen molar-refractivity contribution in [3.63, 3.8) is 0 Å². The van der Waals surface area contributed by atoms with Crippen LogP contribution >= 0.6 is 0 Å². The smallest absolute Gasteiger partial charge is 0.326 e. The van der Waals surface area contributed by atoms with Gasteiger partial charge in [-0.25, -0.2) is 9.59 Å². The van der Waals surface area contributed by atoms with Gasteiger partial charge in [-0.2, -0.15) is 0 Å². The summed E-state index contributed by atoms with van der Waals surface area (Å²) in [6.45, 7) is 5.06. The Morgan fingerprint density at radius 3 is 2.67 bits per heavy atom. The molecule has 1 fully saturated rings. The molecule has 1 aliphatic heterocycles. The summed E-state index contributed by atoms with van der Waals surface area (Å²) in [6, 6.07) is -1.29. The van der Waals surface area contributed by atoms with Crippen molar-refractivity contribution in [3.05, 3.63) is 0 Å². The van der Waals surface area contributed by atoms with Crippen LogP contribution in [0.1, 0.15) is 33.1 Å². The normalized spacial score (nSPS) is 21.4. The zero-order valence-electron chi connectivity index (χ0n) is 10.9. The third-order valence-corrected chi connectivity index (χ3v) is 2.81. The van der Waals surface area contributed by atoms with Crippen molar-refractivity contribution in [2.24, 2.45) is 5.92 Å². The van der Waals surface area contributed by atoms with Crippen molar-refractivity contribution < 1.29 is 19.4 Å². The summed E-state index contributed by atoms with van der Waals surface area (Å²) in [5.41, 5.74) is 0. The third-order valence-electron chi connectivity index (χ3n) is 2.81. The van der Waals surface area contributed by atoms with Gasteiger partial charge in [0.2, 0.25) is 0 Å². The van der Waals surface area contributed by atoms with E-state index >= 15 is 0 Å². The number of carboxylic acids is 1. The van der Waals surface area contributed by atoms with Gasteiger partial charge < -0.3 is 20.5 Å². The molecular formula is C12H22N2O4. The lowest BCUT2D eigenvalue weighted by Gasteiger charge is -2.24. The van der Waals surface area contributed by atoms with Gasteiger partial charge in [-0.1, -0.05) is 13.8 Å². The first-order chi connectivity index (χ1) is 8.49. The van der Waals surface area contributed by atoms with Gasteiger partial charge >= 0.3 is 12.0 Å². The Morgan fingerprint density at radius 2 is 2.17 bits per heavy atom. The number of nitrogens with one attached hydrogen (secondary N) is 2. The van der Waals surface area contributed by atoms with Gasteiger partial charge in [0.05, 0.1) is 12.6 Å². The van der Waals surface area contributed by atoms with Gasteiger partial charge in [0.15, 0.2) is 0 Å². The molecule has 0 aliphatic carbocycles. The van der Waals surface area contributed by atoms with Crippen LogP contribution in [0, 0.1) is 5.92 Å². The molecule has 0 aromatic rings. The zero-order chi connectivity index (χ0) is 13.5. The van der Waals surface area contributed by atoms with Gasteiger partial charge in [-0.05, 0) is 25.2 Å². The molecule has 0 saturated carbocycles. The molecule has 2 amide bonds. The number of carboxylic acid groups (broad SMARTS) is 1. The van der Waals surface area contributed by atoms with E-state index in [4.69, 9.17) is 9.84 Å². The van der Waals surface area contributed by atoms with Crippen molar-refractivity contribution in [3.8, 4) is 0 Å². The molecule has 1 saturated heterocycles. The number of aliphatic carboxylic acids is 1. The fraction of sp³-hybridized carbons (Fsp3) is 0.833. The van der Waals surface area contributed by atoms with Gasteiger partial charge in [-0.3, -0.25) is 0 Å². The standard InChI is InChI=1S/C12H22N2O4/c1-8(2)6-10(11(15)16)14-12(17)13-9-4-3-5-18-7-9/h8-10H,3-7H2,1-2H3,(H,15,16)(H2,13,14,17)/t9?,10-/m1/s1. The fourth-order valence-corrected chi connectivity index (χ4v) is 1.93.